The van der Waals surface area contributed by atoms with Gasteiger partial charge in [-0.3, -0.25) is 0 Å². The lowest BCUT2D eigenvalue weighted by atomic mass is 9.84. The van der Waals surface area contributed by atoms with Crippen LogP contribution in [0.4, 0.5) is 5.69 Å². The molecule has 7 heteroatoms. The first kappa shape index (κ1) is 23.5. The van der Waals surface area contributed by atoms with Gasteiger partial charge in [-0.2, -0.15) is 0 Å². The third-order valence-electron chi connectivity index (χ3n) is 5.64. The van der Waals surface area contributed by atoms with Crippen molar-refractivity contribution in [2.24, 2.45) is 5.73 Å². The maximum absolute atomic E-state index is 7.94. The van der Waals surface area contributed by atoms with Crippen molar-refractivity contribution in [1.29, 1.82) is 10.8 Å². The van der Waals surface area contributed by atoms with E-state index in [1.54, 1.807) is 7.05 Å². The summed E-state index contributed by atoms with van der Waals surface area (Å²) in [7, 11) is 3.60. The molecule has 0 aliphatic heterocycles. The highest BCUT2D eigenvalue weighted by molar-refractivity contribution is 6.05. The number of aryl methyl sites for hydroxylation is 1. The van der Waals surface area contributed by atoms with E-state index in [1.165, 1.54) is 36.4 Å². The van der Waals surface area contributed by atoms with Gasteiger partial charge in [-0.05, 0) is 54.5 Å². The number of nitrogens with one attached hydrogen (secondary N) is 4. The van der Waals surface area contributed by atoms with Gasteiger partial charge in [-0.25, -0.2) is 10.5 Å². The molecule has 7 nitrogen and oxygen atoms in total. The number of nitrogens with two attached hydrogens (primary N) is 1. The summed E-state index contributed by atoms with van der Waals surface area (Å²) >= 11 is 0. The summed E-state index contributed by atoms with van der Waals surface area (Å²) in [6.07, 6.45) is 7.23. The summed E-state index contributed by atoms with van der Waals surface area (Å²) in [5, 5.41) is 19.7. The molecule has 0 bridgehead atoms. The minimum atomic E-state index is 0.570. The van der Waals surface area contributed by atoms with E-state index in [2.05, 4.69) is 33.8 Å². The molecule has 0 saturated heterocycles. The van der Waals surface area contributed by atoms with Crippen molar-refractivity contribution in [1.82, 2.24) is 10.5 Å². The quantitative estimate of drug-likeness (QED) is 0.220. The van der Waals surface area contributed by atoms with Crippen molar-refractivity contribution in [3.63, 3.8) is 0 Å². The molecule has 0 atom stereocenters. The van der Waals surface area contributed by atoms with E-state index in [9.17, 15) is 0 Å². The van der Waals surface area contributed by atoms with Gasteiger partial charge in [0.25, 0.3) is 0 Å². The molecule has 1 aliphatic carbocycles. The van der Waals surface area contributed by atoms with Gasteiger partial charge in [-0.15, -0.1) is 0 Å². The van der Waals surface area contributed by atoms with E-state index in [0.29, 0.717) is 13.2 Å². The second kappa shape index (κ2) is 11.5. The molecule has 6 N–H and O–H groups in total. The van der Waals surface area contributed by atoms with Gasteiger partial charge < -0.3 is 26.7 Å². The lowest BCUT2D eigenvalue weighted by Gasteiger charge is -2.23. The van der Waals surface area contributed by atoms with Crippen LogP contribution in [0.3, 0.4) is 0 Å². The Morgan fingerprint density at radius 1 is 1.00 bits per heavy atom. The maximum Gasteiger partial charge on any atom is 0.0804 e. The minimum Gasteiger partial charge on any atom is -0.388 e. The summed E-state index contributed by atoms with van der Waals surface area (Å²) in [5.74, 6) is 0. The molecule has 0 saturated carbocycles. The fourth-order valence-electron chi connectivity index (χ4n) is 4.15. The first-order valence-electron chi connectivity index (χ1n) is 10.9. The van der Waals surface area contributed by atoms with Gasteiger partial charge in [0.15, 0.2) is 0 Å². The standard InChI is InChI=1S/C22H22N4.C3H10N2O/c1-25-19-10-11-20-21(18(19)13-24)16-4-2-3-5-17(16)22(26-20)15-8-6-14(12-23)7-9-15;1-5-6-3-2-4/h6-13,23-25H,2-5H2,1H3;5H,2-4H2,1H3. The van der Waals surface area contributed by atoms with Crippen LogP contribution in [-0.2, 0) is 17.7 Å². The number of anilines is 1. The number of pyridine rings is 1. The number of hydroxylamine groups is 1. The maximum atomic E-state index is 7.94. The van der Waals surface area contributed by atoms with Crippen LogP contribution in [0.25, 0.3) is 22.2 Å². The average Bonchev–Trinajstić information content (AvgIpc) is 2.86. The van der Waals surface area contributed by atoms with Crippen LogP contribution in [0.1, 0.15) is 35.1 Å². The lowest BCUT2D eigenvalue weighted by molar-refractivity contribution is 0.0641. The molecule has 32 heavy (non-hydrogen) atoms. The third-order valence-corrected chi connectivity index (χ3v) is 5.64. The molecule has 0 unspecified atom stereocenters. The van der Waals surface area contributed by atoms with Crippen molar-refractivity contribution in [2.75, 3.05) is 32.6 Å². The van der Waals surface area contributed by atoms with E-state index in [0.717, 1.165) is 51.8 Å². The number of nitrogens with zero attached hydrogens (tertiary/aromatic N) is 1. The largest absolute Gasteiger partial charge is 0.388 e. The molecule has 0 fully saturated rings. The smallest absolute Gasteiger partial charge is 0.0804 e. The molecule has 3 aromatic rings. The van der Waals surface area contributed by atoms with Gasteiger partial charge in [0.1, 0.15) is 0 Å². The zero-order chi connectivity index (χ0) is 22.9. The summed E-state index contributed by atoms with van der Waals surface area (Å²) in [4.78, 5) is 9.62. The average molecular weight is 433 g/mol. The number of fused-ring (bicyclic) bond motifs is 3. The van der Waals surface area contributed by atoms with Gasteiger partial charge in [0, 0.05) is 55.3 Å². The Kier molecular flexibility index (Phi) is 8.44. The van der Waals surface area contributed by atoms with Crippen LogP contribution in [0, 0.1) is 10.8 Å². The van der Waals surface area contributed by atoms with E-state index in [1.807, 2.05) is 25.2 Å². The first-order chi connectivity index (χ1) is 15.7. The zero-order valence-electron chi connectivity index (χ0n) is 18.8. The second-order valence-corrected chi connectivity index (χ2v) is 7.55. The van der Waals surface area contributed by atoms with Crippen molar-refractivity contribution >= 4 is 29.0 Å². The van der Waals surface area contributed by atoms with Gasteiger partial charge in [0.2, 0.25) is 0 Å². The van der Waals surface area contributed by atoms with Crippen molar-refractivity contribution in [3.05, 3.63) is 58.7 Å². The van der Waals surface area contributed by atoms with Crippen LogP contribution in [0.5, 0.6) is 0 Å². The third kappa shape index (κ3) is 5.02. The summed E-state index contributed by atoms with van der Waals surface area (Å²) in [5.41, 5.74) is 16.1. The SMILES string of the molecule is CNOCCN.CNc1ccc2nc(-c3ccc(C=N)cc3)c3c(c2c1C=N)CCCC3. The molecule has 0 spiro atoms. The van der Waals surface area contributed by atoms with E-state index in [-0.39, 0.29) is 0 Å². The fourth-order valence-corrected chi connectivity index (χ4v) is 4.15. The number of benzene rings is 2. The number of rotatable bonds is 7. The molecule has 168 valence electrons. The van der Waals surface area contributed by atoms with Crippen molar-refractivity contribution in [2.45, 2.75) is 25.7 Å². The normalized spacial score (nSPS) is 12.5. The van der Waals surface area contributed by atoms with Crippen LogP contribution < -0.4 is 16.5 Å². The first-order valence-corrected chi connectivity index (χ1v) is 10.9. The highest BCUT2D eigenvalue weighted by Crippen LogP contribution is 2.37. The Bertz CT molecular complexity index is 1070. The van der Waals surface area contributed by atoms with Crippen molar-refractivity contribution < 1.29 is 4.84 Å². The second-order valence-electron chi connectivity index (χ2n) is 7.55. The predicted molar refractivity (Wildman–Crippen MR) is 133 cm³/mol. The monoisotopic (exact) mass is 432 g/mol. The minimum absolute atomic E-state index is 0.570. The zero-order valence-corrected chi connectivity index (χ0v) is 18.8. The molecular weight excluding hydrogens is 400 g/mol. The van der Waals surface area contributed by atoms with Crippen LogP contribution in [-0.4, -0.2) is 44.7 Å². The summed E-state index contributed by atoms with van der Waals surface area (Å²) < 4.78 is 0. The molecule has 1 aromatic heterocycles. The Hall–Kier alpha value is -3.13. The Balaban J connectivity index is 0.000000427. The molecule has 1 heterocycles. The molecule has 4 rings (SSSR count). The van der Waals surface area contributed by atoms with Gasteiger partial charge >= 0.3 is 0 Å². The van der Waals surface area contributed by atoms with E-state index >= 15 is 0 Å². The van der Waals surface area contributed by atoms with Crippen molar-refractivity contribution in [3.8, 4) is 11.3 Å². The highest BCUT2D eigenvalue weighted by atomic mass is 16.6. The molecule has 0 amide bonds. The van der Waals surface area contributed by atoms with Crippen LogP contribution in [0.15, 0.2) is 36.4 Å². The summed E-state index contributed by atoms with van der Waals surface area (Å²) in [6.45, 7) is 1.15. The highest BCUT2D eigenvalue weighted by Gasteiger charge is 2.21. The topological polar surface area (TPSA) is 120 Å². The number of hydrogen-bond donors (Lipinski definition) is 5. The molecular formula is C25H32N6O. The predicted octanol–water partition coefficient (Wildman–Crippen LogP) is 3.91. The lowest BCUT2D eigenvalue weighted by Crippen LogP contribution is -2.15. The molecule has 0 radical (unpaired) electrons. The van der Waals surface area contributed by atoms with Crippen LogP contribution >= 0.6 is 0 Å². The van der Waals surface area contributed by atoms with Crippen LogP contribution in [0.2, 0.25) is 0 Å². The number of aromatic nitrogens is 1. The van der Waals surface area contributed by atoms with E-state index < -0.39 is 0 Å². The van der Waals surface area contributed by atoms with Gasteiger partial charge in [0.05, 0.1) is 17.8 Å². The molecule has 1 aliphatic rings. The van der Waals surface area contributed by atoms with Gasteiger partial charge in [-0.1, -0.05) is 24.3 Å². The molecule has 2 aromatic carbocycles. The van der Waals surface area contributed by atoms with E-state index in [4.69, 9.17) is 21.5 Å². The number of hydrogen-bond acceptors (Lipinski definition) is 7. The Morgan fingerprint density at radius 3 is 2.28 bits per heavy atom. The summed E-state index contributed by atoms with van der Waals surface area (Å²) in [6, 6.07) is 12.1. The Morgan fingerprint density at radius 2 is 1.72 bits per heavy atom. The Labute approximate surface area is 189 Å². The fraction of sp³-hybridized carbons (Fsp3) is 0.320.